The van der Waals surface area contributed by atoms with E-state index in [-0.39, 0.29) is 0 Å². The van der Waals surface area contributed by atoms with Gasteiger partial charge < -0.3 is 13.6 Å². The first-order chi connectivity index (χ1) is 28.3. The molecule has 0 spiro atoms. The van der Waals surface area contributed by atoms with E-state index in [1.165, 1.54) is 65.9 Å². The molecular formula is C54H34N2O. The number of furan rings is 1. The van der Waals surface area contributed by atoms with Crippen molar-refractivity contribution in [1.82, 2.24) is 9.13 Å². The van der Waals surface area contributed by atoms with Gasteiger partial charge in [0.25, 0.3) is 0 Å². The number of nitrogens with zero attached hydrogens (tertiary/aromatic N) is 2. The van der Waals surface area contributed by atoms with Crippen molar-refractivity contribution < 1.29 is 4.42 Å². The van der Waals surface area contributed by atoms with Crippen LogP contribution in [0.1, 0.15) is 0 Å². The zero-order valence-corrected chi connectivity index (χ0v) is 30.9. The highest BCUT2D eigenvalue weighted by Gasteiger charge is 2.21. The van der Waals surface area contributed by atoms with Gasteiger partial charge in [0, 0.05) is 49.3 Å². The Bertz CT molecular complexity index is 3470. The average molecular weight is 727 g/mol. The fourth-order valence-electron chi connectivity index (χ4n) is 9.11. The molecule has 0 saturated heterocycles. The predicted octanol–water partition coefficient (Wildman–Crippen LogP) is 14.8. The van der Waals surface area contributed by atoms with Gasteiger partial charge in [-0.05, 0) is 76.3 Å². The summed E-state index contributed by atoms with van der Waals surface area (Å²) in [4.78, 5) is 0. The lowest BCUT2D eigenvalue weighted by Gasteiger charge is -2.12. The third-order valence-corrected chi connectivity index (χ3v) is 11.8. The van der Waals surface area contributed by atoms with Crippen LogP contribution in [0.2, 0.25) is 0 Å². The maximum absolute atomic E-state index is 6.42. The molecule has 0 aliphatic carbocycles. The molecule has 0 unspecified atom stereocenters. The summed E-state index contributed by atoms with van der Waals surface area (Å²) >= 11 is 0. The van der Waals surface area contributed by atoms with E-state index in [2.05, 4.69) is 203 Å². The minimum absolute atomic E-state index is 0.912. The highest BCUT2D eigenvalue weighted by Crippen LogP contribution is 2.43. The molecule has 57 heavy (non-hydrogen) atoms. The molecule has 266 valence electrons. The van der Waals surface area contributed by atoms with Crippen molar-refractivity contribution in [3.63, 3.8) is 0 Å². The van der Waals surface area contributed by atoms with Crippen LogP contribution in [-0.2, 0) is 0 Å². The van der Waals surface area contributed by atoms with Crippen molar-refractivity contribution in [3.8, 4) is 44.8 Å². The lowest BCUT2D eigenvalue weighted by molar-refractivity contribution is 0.670. The smallest absolute Gasteiger partial charge is 0.143 e. The fraction of sp³-hybridized carbons (Fsp3) is 0. The Morgan fingerprint density at radius 3 is 1.54 bits per heavy atom. The summed E-state index contributed by atoms with van der Waals surface area (Å²) in [5.74, 6) is 0. The summed E-state index contributed by atoms with van der Waals surface area (Å²) < 4.78 is 11.3. The number of para-hydroxylation sites is 4. The summed E-state index contributed by atoms with van der Waals surface area (Å²) in [5, 5.41) is 7.24. The molecule has 3 aromatic heterocycles. The van der Waals surface area contributed by atoms with Crippen LogP contribution in [0.3, 0.4) is 0 Å². The molecule has 3 nitrogen and oxygen atoms in total. The standard InChI is InChI=1S/C54H34N2O/c1-2-11-35(12-3-1)36-21-23-37(24-22-36)38-25-29-40(30-26-38)55-49-19-8-5-15-47(49)52-50(55)34-33-45-43-13-4-7-18-48(43)56(53(45)52)41-31-27-39(28-32-41)42-16-10-17-46-44-14-6-9-20-51(44)57-54(42)46/h1-34H. The normalized spacial score (nSPS) is 11.9. The number of hydrogen-bond acceptors (Lipinski definition) is 1. The summed E-state index contributed by atoms with van der Waals surface area (Å²) in [7, 11) is 0. The maximum Gasteiger partial charge on any atom is 0.143 e. The molecule has 0 N–H and O–H groups in total. The van der Waals surface area contributed by atoms with E-state index in [1.54, 1.807) is 0 Å². The first-order valence-corrected chi connectivity index (χ1v) is 19.5. The van der Waals surface area contributed by atoms with E-state index >= 15 is 0 Å². The molecule has 0 atom stereocenters. The van der Waals surface area contributed by atoms with E-state index in [0.717, 1.165) is 44.4 Å². The van der Waals surface area contributed by atoms with Crippen molar-refractivity contribution in [1.29, 1.82) is 0 Å². The Hall–Kier alpha value is -7.62. The van der Waals surface area contributed by atoms with Crippen LogP contribution >= 0.6 is 0 Å². The van der Waals surface area contributed by atoms with Crippen molar-refractivity contribution >= 4 is 65.6 Å². The van der Waals surface area contributed by atoms with Gasteiger partial charge in [0.15, 0.2) is 0 Å². The molecule has 0 radical (unpaired) electrons. The van der Waals surface area contributed by atoms with Gasteiger partial charge in [-0.2, -0.15) is 0 Å². The van der Waals surface area contributed by atoms with E-state index in [1.807, 2.05) is 12.1 Å². The van der Waals surface area contributed by atoms with E-state index in [9.17, 15) is 0 Å². The molecule has 12 aromatic rings. The molecule has 0 amide bonds. The van der Waals surface area contributed by atoms with Gasteiger partial charge in [-0.1, -0.05) is 158 Å². The number of fused-ring (bicyclic) bond motifs is 10. The van der Waals surface area contributed by atoms with Crippen LogP contribution in [-0.4, -0.2) is 9.13 Å². The second kappa shape index (κ2) is 12.5. The van der Waals surface area contributed by atoms with Crippen LogP contribution in [0.15, 0.2) is 211 Å². The third kappa shape index (κ3) is 4.86. The van der Waals surface area contributed by atoms with E-state index in [0.29, 0.717) is 0 Å². The van der Waals surface area contributed by atoms with Gasteiger partial charge in [0.2, 0.25) is 0 Å². The summed E-state index contributed by atoms with van der Waals surface area (Å²) in [5.41, 5.74) is 15.9. The first kappa shape index (κ1) is 31.7. The van der Waals surface area contributed by atoms with Crippen molar-refractivity contribution in [2.24, 2.45) is 0 Å². The van der Waals surface area contributed by atoms with Crippen LogP contribution in [0.25, 0.3) is 110 Å². The fourth-order valence-corrected chi connectivity index (χ4v) is 9.11. The van der Waals surface area contributed by atoms with Gasteiger partial charge in [-0.15, -0.1) is 0 Å². The summed E-state index contributed by atoms with van der Waals surface area (Å²) in [6, 6.07) is 74.4. The minimum Gasteiger partial charge on any atom is -0.455 e. The first-order valence-electron chi connectivity index (χ1n) is 19.5. The molecule has 0 aliphatic heterocycles. The Morgan fingerprint density at radius 2 is 0.825 bits per heavy atom. The largest absolute Gasteiger partial charge is 0.455 e. The van der Waals surface area contributed by atoms with Crippen molar-refractivity contribution in [3.05, 3.63) is 206 Å². The lowest BCUT2D eigenvalue weighted by Crippen LogP contribution is -1.95. The maximum atomic E-state index is 6.42. The molecule has 0 aliphatic rings. The topological polar surface area (TPSA) is 23.0 Å². The van der Waals surface area contributed by atoms with Gasteiger partial charge in [-0.3, -0.25) is 0 Å². The Morgan fingerprint density at radius 1 is 0.298 bits per heavy atom. The van der Waals surface area contributed by atoms with Crippen LogP contribution in [0, 0.1) is 0 Å². The van der Waals surface area contributed by atoms with Gasteiger partial charge in [0.05, 0.1) is 22.1 Å². The lowest BCUT2D eigenvalue weighted by atomic mass is 10.0. The van der Waals surface area contributed by atoms with Crippen LogP contribution in [0.5, 0.6) is 0 Å². The quantitative estimate of drug-likeness (QED) is 0.173. The number of aromatic nitrogens is 2. The Kier molecular flexibility index (Phi) is 6.93. The third-order valence-electron chi connectivity index (χ3n) is 11.8. The zero-order valence-electron chi connectivity index (χ0n) is 30.9. The Labute approximate surface area is 328 Å². The van der Waals surface area contributed by atoms with E-state index in [4.69, 9.17) is 4.42 Å². The molecule has 0 bridgehead atoms. The monoisotopic (exact) mass is 726 g/mol. The van der Waals surface area contributed by atoms with Gasteiger partial charge in [-0.25, -0.2) is 0 Å². The molecule has 3 heterocycles. The van der Waals surface area contributed by atoms with Gasteiger partial charge >= 0.3 is 0 Å². The molecular weight excluding hydrogens is 693 g/mol. The number of rotatable bonds is 5. The van der Waals surface area contributed by atoms with Crippen LogP contribution in [0.4, 0.5) is 0 Å². The van der Waals surface area contributed by atoms with Crippen molar-refractivity contribution in [2.45, 2.75) is 0 Å². The number of hydrogen-bond donors (Lipinski definition) is 0. The number of benzene rings is 9. The molecule has 0 fully saturated rings. The SMILES string of the molecule is c1ccc(-c2ccc(-c3ccc(-n4c5ccccc5c5c4ccc4c6ccccc6n(-c6ccc(-c7cccc8c7oc7ccccc78)cc6)c45)cc3)cc2)cc1. The van der Waals surface area contributed by atoms with Gasteiger partial charge in [0.1, 0.15) is 11.2 Å². The molecule has 3 heteroatoms. The highest BCUT2D eigenvalue weighted by molar-refractivity contribution is 6.26. The molecule has 12 rings (SSSR count). The molecule has 0 saturated carbocycles. The van der Waals surface area contributed by atoms with Crippen molar-refractivity contribution in [2.75, 3.05) is 0 Å². The second-order valence-electron chi connectivity index (χ2n) is 14.9. The highest BCUT2D eigenvalue weighted by atomic mass is 16.3. The average Bonchev–Trinajstić information content (AvgIpc) is 3.95. The minimum atomic E-state index is 0.912. The Balaban J connectivity index is 1.01. The zero-order chi connectivity index (χ0) is 37.5. The predicted molar refractivity (Wildman–Crippen MR) is 239 cm³/mol. The second-order valence-corrected chi connectivity index (χ2v) is 14.9. The van der Waals surface area contributed by atoms with E-state index < -0.39 is 0 Å². The summed E-state index contributed by atoms with van der Waals surface area (Å²) in [6.45, 7) is 0. The summed E-state index contributed by atoms with van der Waals surface area (Å²) in [6.07, 6.45) is 0. The molecule has 9 aromatic carbocycles. The van der Waals surface area contributed by atoms with Crippen LogP contribution < -0.4 is 0 Å².